The summed E-state index contributed by atoms with van der Waals surface area (Å²) < 4.78 is 14.6. The highest BCUT2D eigenvalue weighted by molar-refractivity contribution is 5.95. The first-order valence-corrected chi connectivity index (χ1v) is 8.24. The SMILES string of the molecule is O=C(NC(Cc1c[nH]c2ccccc12)C(=O)O)c1cn2cc(F)ccc2n1. The van der Waals surface area contributed by atoms with Crippen LogP contribution in [0.2, 0.25) is 0 Å². The van der Waals surface area contributed by atoms with Crippen LogP contribution in [-0.2, 0) is 11.2 Å². The lowest BCUT2D eigenvalue weighted by molar-refractivity contribution is -0.139. The van der Waals surface area contributed by atoms with E-state index in [1.807, 2.05) is 24.3 Å². The van der Waals surface area contributed by atoms with E-state index in [0.29, 0.717) is 5.65 Å². The molecular formula is C19H15FN4O3. The number of nitrogens with one attached hydrogen (secondary N) is 2. The summed E-state index contributed by atoms with van der Waals surface area (Å²) in [6.45, 7) is 0. The van der Waals surface area contributed by atoms with Gasteiger partial charge in [-0.1, -0.05) is 18.2 Å². The Morgan fingerprint density at radius 3 is 2.85 bits per heavy atom. The number of amides is 1. The van der Waals surface area contributed by atoms with Crippen molar-refractivity contribution in [1.82, 2.24) is 19.7 Å². The van der Waals surface area contributed by atoms with Gasteiger partial charge < -0.3 is 19.8 Å². The molecule has 0 aliphatic rings. The fourth-order valence-electron chi connectivity index (χ4n) is 3.03. The highest BCUT2D eigenvalue weighted by atomic mass is 19.1. The molecule has 8 heteroatoms. The zero-order chi connectivity index (χ0) is 19.0. The van der Waals surface area contributed by atoms with Crippen LogP contribution in [0, 0.1) is 5.82 Å². The number of rotatable bonds is 5. The second-order valence-corrected chi connectivity index (χ2v) is 6.17. The Kier molecular flexibility index (Phi) is 4.08. The molecule has 3 N–H and O–H groups in total. The van der Waals surface area contributed by atoms with Crippen molar-refractivity contribution in [2.75, 3.05) is 0 Å². The molecule has 0 saturated carbocycles. The van der Waals surface area contributed by atoms with Crippen LogP contribution in [0.1, 0.15) is 16.1 Å². The molecule has 1 unspecified atom stereocenters. The molecule has 0 saturated heterocycles. The number of fused-ring (bicyclic) bond motifs is 2. The third-order valence-electron chi connectivity index (χ3n) is 4.35. The summed E-state index contributed by atoms with van der Waals surface area (Å²) >= 11 is 0. The molecule has 4 aromatic rings. The molecule has 0 bridgehead atoms. The zero-order valence-corrected chi connectivity index (χ0v) is 14.0. The predicted molar refractivity (Wildman–Crippen MR) is 96.0 cm³/mol. The summed E-state index contributed by atoms with van der Waals surface area (Å²) in [6.07, 6.45) is 4.41. The molecule has 0 fully saturated rings. The second-order valence-electron chi connectivity index (χ2n) is 6.17. The second kappa shape index (κ2) is 6.56. The number of carboxylic acids is 1. The first-order chi connectivity index (χ1) is 13.0. The molecule has 0 spiro atoms. The summed E-state index contributed by atoms with van der Waals surface area (Å²) in [5.74, 6) is -2.25. The van der Waals surface area contributed by atoms with Crippen molar-refractivity contribution in [2.45, 2.75) is 12.5 Å². The lowest BCUT2D eigenvalue weighted by atomic mass is 10.0. The van der Waals surface area contributed by atoms with Gasteiger partial charge in [0.2, 0.25) is 0 Å². The number of aromatic nitrogens is 3. The van der Waals surface area contributed by atoms with Gasteiger partial charge in [0.25, 0.3) is 5.91 Å². The Morgan fingerprint density at radius 2 is 2.04 bits per heavy atom. The molecule has 3 heterocycles. The van der Waals surface area contributed by atoms with E-state index in [0.717, 1.165) is 16.5 Å². The molecule has 136 valence electrons. The molecule has 0 aliphatic heterocycles. The van der Waals surface area contributed by atoms with Gasteiger partial charge in [-0.25, -0.2) is 14.2 Å². The molecule has 3 aromatic heterocycles. The van der Waals surface area contributed by atoms with Crippen molar-refractivity contribution >= 4 is 28.4 Å². The van der Waals surface area contributed by atoms with Crippen molar-refractivity contribution < 1.29 is 19.1 Å². The van der Waals surface area contributed by atoms with E-state index < -0.39 is 23.7 Å². The third-order valence-corrected chi connectivity index (χ3v) is 4.35. The van der Waals surface area contributed by atoms with Gasteiger partial charge in [-0.2, -0.15) is 0 Å². The number of halogens is 1. The smallest absolute Gasteiger partial charge is 0.326 e. The minimum absolute atomic E-state index is 0.0192. The van der Waals surface area contributed by atoms with E-state index in [9.17, 15) is 19.1 Å². The predicted octanol–water partition coefficient (Wildman–Crippen LogP) is 2.38. The largest absolute Gasteiger partial charge is 0.480 e. The number of carbonyl (C=O) groups excluding carboxylic acids is 1. The zero-order valence-electron chi connectivity index (χ0n) is 14.0. The summed E-state index contributed by atoms with van der Waals surface area (Å²) in [5.41, 5.74) is 2.09. The van der Waals surface area contributed by atoms with E-state index in [-0.39, 0.29) is 12.1 Å². The van der Waals surface area contributed by atoms with Gasteiger partial charge in [-0.05, 0) is 23.8 Å². The number of aromatic amines is 1. The number of imidazole rings is 1. The topological polar surface area (TPSA) is 99.5 Å². The molecule has 1 amide bonds. The van der Waals surface area contributed by atoms with Crippen molar-refractivity contribution in [3.8, 4) is 0 Å². The normalized spacial score (nSPS) is 12.3. The molecule has 4 rings (SSSR count). The van der Waals surface area contributed by atoms with Crippen LogP contribution >= 0.6 is 0 Å². The average molecular weight is 366 g/mol. The Bertz CT molecular complexity index is 1160. The molecule has 0 radical (unpaired) electrons. The maximum Gasteiger partial charge on any atom is 0.326 e. The van der Waals surface area contributed by atoms with E-state index >= 15 is 0 Å². The van der Waals surface area contributed by atoms with Crippen molar-refractivity contribution in [2.24, 2.45) is 0 Å². The molecule has 1 atom stereocenters. The van der Waals surface area contributed by atoms with Crippen LogP contribution in [0.3, 0.4) is 0 Å². The van der Waals surface area contributed by atoms with E-state index in [1.165, 1.54) is 28.9 Å². The van der Waals surface area contributed by atoms with Gasteiger partial charge >= 0.3 is 5.97 Å². The standard InChI is InChI=1S/C19H15FN4O3/c20-12-5-6-17-22-16(10-24(17)9-12)18(25)23-15(19(26)27)7-11-8-21-14-4-2-1-3-13(11)14/h1-6,8-10,15,21H,7H2,(H,23,25)(H,26,27). The quantitative estimate of drug-likeness (QED) is 0.505. The number of nitrogens with zero attached hydrogens (tertiary/aromatic N) is 2. The number of pyridine rings is 1. The van der Waals surface area contributed by atoms with Crippen LogP contribution in [0.4, 0.5) is 4.39 Å². The minimum Gasteiger partial charge on any atom is -0.480 e. The number of carboxylic acid groups (broad SMARTS) is 1. The third kappa shape index (κ3) is 3.24. The van der Waals surface area contributed by atoms with Crippen LogP contribution in [0.25, 0.3) is 16.6 Å². The van der Waals surface area contributed by atoms with Crippen molar-refractivity contribution in [1.29, 1.82) is 0 Å². The fourth-order valence-corrected chi connectivity index (χ4v) is 3.03. The van der Waals surface area contributed by atoms with Crippen LogP contribution in [0.15, 0.2) is 55.0 Å². The van der Waals surface area contributed by atoms with Gasteiger partial charge in [-0.3, -0.25) is 4.79 Å². The summed E-state index contributed by atoms with van der Waals surface area (Å²) in [5, 5.41) is 12.9. The van der Waals surface area contributed by atoms with Crippen LogP contribution in [0.5, 0.6) is 0 Å². The Balaban J connectivity index is 1.57. The Hall–Kier alpha value is -3.68. The first kappa shape index (κ1) is 16.8. The number of para-hydroxylation sites is 1. The summed E-state index contributed by atoms with van der Waals surface area (Å²) in [7, 11) is 0. The maximum atomic E-state index is 13.3. The van der Waals surface area contributed by atoms with E-state index in [2.05, 4.69) is 15.3 Å². The van der Waals surface area contributed by atoms with Crippen LogP contribution < -0.4 is 5.32 Å². The van der Waals surface area contributed by atoms with Gasteiger partial charge in [0, 0.05) is 35.9 Å². The first-order valence-electron chi connectivity index (χ1n) is 8.24. The lowest BCUT2D eigenvalue weighted by Gasteiger charge is -2.13. The Labute approximate surface area is 152 Å². The lowest BCUT2D eigenvalue weighted by Crippen LogP contribution is -2.42. The Morgan fingerprint density at radius 1 is 1.22 bits per heavy atom. The van der Waals surface area contributed by atoms with Gasteiger partial charge in [0.15, 0.2) is 0 Å². The number of hydrogen-bond acceptors (Lipinski definition) is 3. The van der Waals surface area contributed by atoms with E-state index in [1.54, 1.807) is 6.20 Å². The highest BCUT2D eigenvalue weighted by Crippen LogP contribution is 2.19. The average Bonchev–Trinajstić information content (AvgIpc) is 3.25. The monoisotopic (exact) mass is 366 g/mol. The number of aliphatic carboxylic acids is 1. The summed E-state index contributed by atoms with van der Waals surface area (Å²) in [6, 6.07) is 9.07. The van der Waals surface area contributed by atoms with Crippen molar-refractivity contribution in [3.63, 3.8) is 0 Å². The number of carbonyl (C=O) groups is 2. The molecule has 0 aliphatic carbocycles. The van der Waals surface area contributed by atoms with Gasteiger partial charge in [0.05, 0.1) is 0 Å². The minimum atomic E-state index is -1.15. The van der Waals surface area contributed by atoms with Crippen molar-refractivity contribution in [3.05, 3.63) is 72.1 Å². The molecule has 7 nitrogen and oxygen atoms in total. The highest BCUT2D eigenvalue weighted by Gasteiger charge is 2.23. The molecule has 27 heavy (non-hydrogen) atoms. The molecular weight excluding hydrogens is 351 g/mol. The van der Waals surface area contributed by atoms with Crippen LogP contribution in [-0.4, -0.2) is 37.4 Å². The number of H-pyrrole nitrogens is 1. The maximum absolute atomic E-state index is 13.3. The van der Waals surface area contributed by atoms with Gasteiger partial charge in [0.1, 0.15) is 23.2 Å². The van der Waals surface area contributed by atoms with Gasteiger partial charge in [-0.15, -0.1) is 0 Å². The number of hydrogen-bond donors (Lipinski definition) is 3. The van der Waals surface area contributed by atoms with E-state index in [4.69, 9.17) is 0 Å². The summed E-state index contributed by atoms with van der Waals surface area (Å²) in [4.78, 5) is 31.3. The fraction of sp³-hybridized carbons (Fsp3) is 0.105. The molecule has 1 aromatic carbocycles. The number of benzene rings is 1.